The summed E-state index contributed by atoms with van der Waals surface area (Å²) in [5, 5.41) is 0. The van der Waals surface area contributed by atoms with Gasteiger partial charge in [-0.05, 0) is 13.3 Å². The molecule has 1 atom stereocenters. The van der Waals surface area contributed by atoms with E-state index in [2.05, 4.69) is 23.4 Å². The standard InChI is InChI=1S/C12H23N3/c1-3-4-5-6-7-11(2)15-10-14-9-12(15)8-13/h9-11H,3-8,13H2,1-2H3. The summed E-state index contributed by atoms with van der Waals surface area (Å²) in [6.07, 6.45) is 10.3. The molecular weight excluding hydrogens is 186 g/mol. The summed E-state index contributed by atoms with van der Waals surface area (Å²) in [7, 11) is 0. The number of hydrogen-bond donors (Lipinski definition) is 1. The van der Waals surface area contributed by atoms with Gasteiger partial charge in [0.2, 0.25) is 0 Å². The second-order valence-corrected chi connectivity index (χ2v) is 4.19. The zero-order valence-electron chi connectivity index (χ0n) is 9.95. The maximum absolute atomic E-state index is 5.65. The Balaban J connectivity index is 2.36. The van der Waals surface area contributed by atoms with Crippen molar-refractivity contribution in [3.63, 3.8) is 0 Å². The first-order chi connectivity index (χ1) is 7.29. The third-order valence-corrected chi connectivity index (χ3v) is 2.91. The van der Waals surface area contributed by atoms with Crippen LogP contribution in [-0.2, 0) is 6.54 Å². The van der Waals surface area contributed by atoms with E-state index in [1.807, 2.05) is 12.5 Å². The predicted molar refractivity (Wildman–Crippen MR) is 63.6 cm³/mol. The Morgan fingerprint density at radius 2 is 2.20 bits per heavy atom. The Kier molecular flexibility index (Phi) is 5.40. The van der Waals surface area contributed by atoms with Crippen LogP contribution in [0.3, 0.4) is 0 Å². The first kappa shape index (κ1) is 12.2. The van der Waals surface area contributed by atoms with Crippen LogP contribution in [0.5, 0.6) is 0 Å². The molecule has 0 aliphatic carbocycles. The molecule has 1 aromatic heterocycles. The zero-order chi connectivity index (χ0) is 11.1. The van der Waals surface area contributed by atoms with Crippen LogP contribution >= 0.6 is 0 Å². The van der Waals surface area contributed by atoms with Crippen molar-refractivity contribution in [2.75, 3.05) is 0 Å². The van der Waals surface area contributed by atoms with Gasteiger partial charge in [0.15, 0.2) is 0 Å². The minimum absolute atomic E-state index is 0.530. The number of unbranched alkanes of at least 4 members (excludes halogenated alkanes) is 3. The molecule has 1 unspecified atom stereocenters. The van der Waals surface area contributed by atoms with E-state index in [0.29, 0.717) is 12.6 Å². The lowest BCUT2D eigenvalue weighted by atomic mass is 10.1. The van der Waals surface area contributed by atoms with Gasteiger partial charge in [-0.1, -0.05) is 32.6 Å². The van der Waals surface area contributed by atoms with E-state index in [4.69, 9.17) is 5.73 Å². The summed E-state index contributed by atoms with van der Waals surface area (Å²) < 4.78 is 2.20. The van der Waals surface area contributed by atoms with Crippen molar-refractivity contribution in [1.82, 2.24) is 9.55 Å². The fourth-order valence-electron chi connectivity index (χ4n) is 1.89. The van der Waals surface area contributed by atoms with Gasteiger partial charge in [-0.2, -0.15) is 0 Å². The van der Waals surface area contributed by atoms with Crippen LogP contribution in [0.15, 0.2) is 12.5 Å². The first-order valence-corrected chi connectivity index (χ1v) is 6.00. The number of rotatable bonds is 7. The summed E-state index contributed by atoms with van der Waals surface area (Å²) >= 11 is 0. The smallest absolute Gasteiger partial charge is 0.0951 e. The van der Waals surface area contributed by atoms with Crippen LogP contribution in [0.2, 0.25) is 0 Å². The normalized spacial score (nSPS) is 13.0. The zero-order valence-corrected chi connectivity index (χ0v) is 9.95. The van der Waals surface area contributed by atoms with Gasteiger partial charge in [-0.3, -0.25) is 0 Å². The molecule has 3 heteroatoms. The van der Waals surface area contributed by atoms with Gasteiger partial charge in [0.05, 0.1) is 12.0 Å². The molecule has 0 aliphatic heterocycles. The molecule has 0 saturated carbocycles. The Hall–Kier alpha value is -0.830. The van der Waals surface area contributed by atoms with E-state index < -0.39 is 0 Å². The van der Waals surface area contributed by atoms with Crippen LogP contribution in [0, 0.1) is 0 Å². The number of hydrogen-bond acceptors (Lipinski definition) is 2. The maximum atomic E-state index is 5.65. The Bertz CT molecular complexity index is 268. The number of nitrogens with zero attached hydrogens (tertiary/aromatic N) is 2. The highest BCUT2D eigenvalue weighted by Gasteiger charge is 2.07. The molecule has 0 aliphatic rings. The van der Waals surface area contributed by atoms with Crippen molar-refractivity contribution < 1.29 is 0 Å². The topological polar surface area (TPSA) is 43.8 Å². The summed E-state index contributed by atoms with van der Waals surface area (Å²) in [5.74, 6) is 0. The summed E-state index contributed by atoms with van der Waals surface area (Å²) in [4.78, 5) is 4.14. The summed E-state index contributed by atoms with van der Waals surface area (Å²) in [6.45, 7) is 5.07. The largest absolute Gasteiger partial charge is 0.331 e. The summed E-state index contributed by atoms with van der Waals surface area (Å²) in [6, 6.07) is 0.530. The third kappa shape index (κ3) is 3.67. The second kappa shape index (κ2) is 6.62. The highest BCUT2D eigenvalue weighted by atomic mass is 15.1. The predicted octanol–water partition coefficient (Wildman–Crippen LogP) is 2.87. The lowest BCUT2D eigenvalue weighted by Crippen LogP contribution is -2.10. The van der Waals surface area contributed by atoms with Gasteiger partial charge in [0, 0.05) is 18.8 Å². The highest BCUT2D eigenvalue weighted by Crippen LogP contribution is 2.17. The molecule has 0 spiro atoms. The fraction of sp³-hybridized carbons (Fsp3) is 0.750. The van der Waals surface area contributed by atoms with Crippen molar-refractivity contribution in [2.24, 2.45) is 5.73 Å². The van der Waals surface area contributed by atoms with Crippen molar-refractivity contribution in [3.8, 4) is 0 Å². The Morgan fingerprint density at radius 3 is 2.87 bits per heavy atom. The van der Waals surface area contributed by atoms with Gasteiger partial charge in [0.1, 0.15) is 0 Å². The average Bonchev–Trinajstić information content (AvgIpc) is 2.72. The van der Waals surface area contributed by atoms with E-state index >= 15 is 0 Å². The van der Waals surface area contributed by atoms with Gasteiger partial charge in [-0.25, -0.2) is 4.98 Å². The van der Waals surface area contributed by atoms with E-state index in [1.165, 1.54) is 32.1 Å². The van der Waals surface area contributed by atoms with E-state index in [-0.39, 0.29) is 0 Å². The minimum Gasteiger partial charge on any atom is -0.331 e. The number of aromatic nitrogens is 2. The number of nitrogens with two attached hydrogens (primary N) is 1. The molecule has 0 bridgehead atoms. The summed E-state index contributed by atoms with van der Waals surface area (Å²) in [5.41, 5.74) is 6.79. The quantitative estimate of drug-likeness (QED) is 0.702. The number of imidazole rings is 1. The van der Waals surface area contributed by atoms with E-state index in [9.17, 15) is 0 Å². The molecule has 15 heavy (non-hydrogen) atoms. The van der Waals surface area contributed by atoms with Crippen molar-refractivity contribution in [1.29, 1.82) is 0 Å². The van der Waals surface area contributed by atoms with Gasteiger partial charge < -0.3 is 10.3 Å². The van der Waals surface area contributed by atoms with Crippen LogP contribution < -0.4 is 5.73 Å². The Labute approximate surface area is 92.7 Å². The molecular formula is C12H23N3. The average molecular weight is 209 g/mol. The molecule has 0 amide bonds. The molecule has 0 fully saturated rings. The molecule has 86 valence electrons. The third-order valence-electron chi connectivity index (χ3n) is 2.91. The van der Waals surface area contributed by atoms with Crippen molar-refractivity contribution in [2.45, 2.75) is 58.5 Å². The van der Waals surface area contributed by atoms with E-state index in [0.717, 1.165) is 5.69 Å². The lowest BCUT2D eigenvalue weighted by Gasteiger charge is -2.15. The highest BCUT2D eigenvalue weighted by molar-refractivity contribution is 4.98. The molecule has 0 radical (unpaired) electrons. The van der Waals surface area contributed by atoms with Crippen molar-refractivity contribution >= 4 is 0 Å². The molecule has 1 rings (SSSR count). The van der Waals surface area contributed by atoms with Gasteiger partial charge in [-0.15, -0.1) is 0 Å². The van der Waals surface area contributed by atoms with Crippen molar-refractivity contribution in [3.05, 3.63) is 18.2 Å². The first-order valence-electron chi connectivity index (χ1n) is 6.00. The fourth-order valence-corrected chi connectivity index (χ4v) is 1.89. The van der Waals surface area contributed by atoms with Gasteiger partial charge >= 0.3 is 0 Å². The van der Waals surface area contributed by atoms with Crippen LogP contribution in [0.1, 0.15) is 57.7 Å². The lowest BCUT2D eigenvalue weighted by molar-refractivity contribution is 0.461. The molecule has 0 aromatic carbocycles. The SMILES string of the molecule is CCCCCCC(C)n1cncc1CN. The van der Waals surface area contributed by atoms with Crippen LogP contribution in [-0.4, -0.2) is 9.55 Å². The monoisotopic (exact) mass is 209 g/mol. The second-order valence-electron chi connectivity index (χ2n) is 4.19. The van der Waals surface area contributed by atoms with Crippen LogP contribution in [0.4, 0.5) is 0 Å². The van der Waals surface area contributed by atoms with Gasteiger partial charge in [0.25, 0.3) is 0 Å². The molecule has 3 nitrogen and oxygen atoms in total. The molecule has 1 heterocycles. The molecule has 1 aromatic rings. The molecule has 0 saturated heterocycles. The maximum Gasteiger partial charge on any atom is 0.0951 e. The minimum atomic E-state index is 0.530. The van der Waals surface area contributed by atoms with E-state index in [1.54, 1.807) is 0 Å². The molecule has 2 N–H and O–H groups in total. The Morgan fingerprint density at radius 1 is 1.40 bits per heavy atom. The van der Waals surface area contributed by atoms with Crippen LogP contribution in [0.25, 0.3) is 0 Å².